The van der Waals surface area contributed by atoms with Crippen molar-refractivity contribution < 1.29 is 9.53 Å². The molecule has 1 heterocycles. The molecule has 0 aliphatic carbocycles. The smallest absolute Gasteiger partial charge is 0.222 e. The number of ether oxygens (including phenoxy) is 1. The summed E-state index contributed by atoms with van der Waals surface area (Å²) >= 11 is 0. The summed E-state index contributed by atoms with van der Waals surface area (Å²) in [7, 11) is 1.88. The summed E-state index contributed by atoms with van der Waals surface area (Å²) in [5.41, 5.74) is 2.48. The Morgan fingerprint density at radius 3 is 3.00 bits per heavy atom. The van der Waals surface area contributed by atoms with E-state index in [9.17, 15) is 4.79 Å². The maximum absolute atomic E-state index is 12.1. The number of hydrogen-bond acceptors (Lipinski definition) is 2. The molecule has 0 aromatic heterocycles. The first-order valence-corrected chi connectivity index (χ1v) is 7.06. The first-order chi connectivity index (χ1) is 9.15. The zero-order chi connectivity index (χ0) is 13.7. The van der Waals surface area contributed by atoms with E-state index >= 15 is 0 Å². The zero-order valence-electron chi connectivity index (χ0n) is 11.9. The fourth-order valence-corrected chi connectivity index (χ4v) is 2.51. The lowest BCUT2D eigenvalue weighted by Gasteiger charge is -2.20. The number of amides is 1. The SMILES string of the molecule is Cc1cccc(CCC(=O)N(C)CC2CCCO2)c1. The second-order valence-corrected chi connectivity index (χ2v) is 5.40. The lowest BCUT2D eigenvalue weighted by Crippen LogP contribution is -2.34. The van der Waals surface area contributed by atoms with Gasteiger partial charge in [0.25, 0.3) is 0 Å². The first kappa shape index (κ1) is 14.1. The molecule has 0 N–H and O–H groups in total. The van der Waals surface area contributed by atoms with Crippen molar-refractivity contribution in [3.05, 3.63) is 35.4 Å². The molecule has 1 unspecified atom stereocenters. The Balaban J connectivity index is 1.76. The standard InChI is InChI=1S/C16H23NO2/c1-13-5-3-6-14(11-13)8-9-16(18)17(2)12-15-7-4-10-19-15/h3,5-6,11,15H,4,7-10,12H2,1-2H3. The van der Waals surface area contributed by atoms with Crippen LogP contribution in [0.25, 0.3) is 0 Å². The molecule has 1 amide bonds. The minimum Gasteiger partial charge on any atom is -0.376 e. The number of rotatable bonds is 5. The molecule has 1 aromatic rings. The summed E-state index contributed by atoms with van der Waals surface area (Å²) in [6.07, 6.45) is 3.84. The number of benzene rings is 1. The minimum absolute atomic E-state index is 0.206. The molecule has 1 fully saturated rings. The molecule has 3 nitrogen and oxygen atoms in total. The van der Waals surface area contributed by atoms with Crippen molar-refractivity contribution in [3.63, 3.8) is 0 Å². The number of carbonyl (C=O) groups excluding carboxylic acids is 1. The monoisotopic (exact) mass is 261 g/mol. The van der Waals surface area contributed by atoms with Crippen LogP contribution in [0.1, 0.15) is 30.4 Å². The fourth-order valence-electron chi connectivity index (χ4n) is 2.51. The normalized spacial score (nSPS) is 18.5. The molecule has 1 aromatic carbocycles. The van der Waals surface area contributed by atoms with Gasteiger partial charge in [-0.15, -0.1) is 0 Å². The third-order valence-electron chi connectivity index (χ3n) is 3.64. The average Bonchev–Trinajstić information content (AvgIpc) is 2.89. The van der Waals surface area contributed by atoms with E-state index in [1.54, 1.807) is 0 Å². The van der Waals surface area contributed by atoms with Gasteiger partial charge < -0.3 is 9.64 Å². The van der Waals surface area contributed by atoms with Gasteiger partial charge in [0, 0.05) is 26.6 Å². The van der Waals surface area contributed by atoms with Gasteiger partial charge in [0.15, 0.2) is 0 Å². The molecular weight excluding hydrogens is 238 g/mol. The van der Waals surface area contributed by atoms with Gasteiger partial charge in [-0.25, -0.2) is 0 Å². The Bertz CT molecular complexity index is 425. The van der Waals surface area contributed by atoms with Crippen LogP contribution < -0.4 is 0 Å². The van der Waals surface area contributed by atoms with Gasteiger partial charge >= 0.3 is 0 Å². The summed E-state index contributed by atoms with van der Waals surface area (Å²) in [4.78, 5) is 13.9. The summed E-state index contributed by atoms with van der Waals surface area (Å²) < 4.78 is 5.56. The van der Waals surface area contributed by atoms with Gasteiger partial charge in [-0.1, -0.05) is 29.8 Å². The van der Waals surface area contributed by atoms with Crippen molar-refractivity contribution in [3.8, 4) is 0 Å². The van der Waals surface area contributed by atoms with Gasteiger partial charge in [0.1, 0.15) is 0 Å². The van der Waals surface area contributed by atoms with Crippen LogP contribution in [0.4, 0.5) is 0 Å². The lowest BCUT2D eigenvalue weighted by molar-refractivity contribution is -0.131. The Morgan fingerprint density at radius 2 is 2.32 bits per heavy atom. The third-order valence-corrected chi connectivity index (χ3v) is 3.64. The summed E-state index contributed by atoms with van der Waals surface area (Å²) in [6.45, 7) is 3.65. The minimum atomic E-state index is 0.206. The highest BCUT2D eigenvalue weighted by Gasteiger charge is 2.19. The maximum atomic E-state index is 12.1. The number of likely N-dealkylation sites (N-methyl/N-ethyl adjacent to an activating group) is 1. The molecule has 3 heteroatoms. The van der Waals surface area contributed by atoms with Crippen LogP contribution in [0.5, 0.6) is 0 Å². The zero-order valence-corrected chi connectivity index (χ0v) is 11.9. The summed E-state index contributed by atoms with van der Waals surface area (Å²) in [5, 5.41) is 0. The average molecular weight is 261 g/mol. The van der Waals surface area contributed by atoms with Crippen molar-refractivity contribution in [2.75, 3.05) is 20.2 Å². The van der Waals surface area contributed by atoms with Crippen LogP contribution in [0, 0.1) is 6.92 Å². The molecule has 104 valence electrons. The van der Waals surface area contributed by atoms with Crippen molar-refractivity contribution >= 4 is 5.91 Å². The maximum Gasteiger partial charge on any atom is 0.222 e. The van der Waals surface area contributed by atoms with Crippen LogP contribution in [-0.2, 0) is 16.0 Å². The van der Waals surface area contributed by atoms with Crippen LogP contribution in [0.15, 0.2) is 24.3 Å². The predicted molar refractivity (Wildman–Crippen MR) is 76.1 cm³/mol. The number of nitrogens with zero attached hydrogens (tertiary/aromatic N) is 1. The second kappa shape index (κ2) is 6.71. The van der Waals surface area contributed by atoms with Crippen LogP contribution in [0.3, 0.4) is 0 Å². The van der Waals surface area contributed by atoms with Gasteiger partial charge in [-0.3, -0.25) is 4.79 Å². The number of hydrogen-bond donors (Lipinski definition) is 0. The molecule has 0 saturated carbocycles. The van der Waals surface area contributed by atoms with Gasteiger partial charge in [-0.2, -0.15) is 0 Å². The third kappa shape index (κ3) is 4.35. The molecule has 0 bridgehead atoms. The van der Waals surface area contributed by atoms with Gasteiger partial charge in [0.05, 0.1) is 6.10 Å². The van der Waals surface area contributed by atoms with Gasteiger partial charge in [0.2, 0.25) is 5.91 Å². The second-order valence-electron chi connectivity index (χ2n) is 5.40. The summed E-state index contributed by atoms with van der Waals surface area (Å²) in [6, 6.07) is 8.35. The highest BCUT2D eigenvalue weighted by Crippen LogP contribution is 2.13. The molecular formula is C16H23NO2. The molecule has 1 aliphatic heterocycles. The van der Waals surface area contributed by atoms with E-state index in [0.717, 1.165) is 32.4 Å². The van der Waals surface area contributed by atoms with Crippen LogP contribution >= 0.6 is 0 Å². The molecule has 1 saturated heterocycles. The van der Waals surface area contributed by atoms with E-state index in [1.807, 2.05) is 18.0 Å². The van der Waals surface area contributed by atoms with Crippen molar-refractivity contribution in [1.29, 1.82) is 0 Å². The molecule has 0 spiro atoms. The highest BCUT2D eigenvalue weighted by atomic mass is 16.5. The Kier molecular flexibility index (Phi) is 4.97. The van der Waals surface area contributed by atoms with Crippen molar-refractivity contribution in [1.82, 2.24) is 4.90 Å². The van der Waals surface area contributed by atoms with E-state index in [2.05, 4.69) is 25.1 Å². The molecule has 2 rings (SSSR count). The van der Waals surface area contributed by atoms with Crippen molar-refractivity contribution in [2.45, 2.75) is 38.7 Å². The first-order valence-electron chi connectivity index (χ1n) is 7.06. The van der Waals surface area contributed by atoms with E-state index in [4.69, 9.17) is 4.74 Å². The van der Waals surface area contributed by atoms with E-state index < -0.39 is 0 Å². The summed E-state index contributed by atoms with van der Waals surface area (Å²) in [5.74, 6) is 0.206. The largest absolute Gasteiger partial charge is 0.376 e. The van der Waals surface area contributed by atoms with E-state index in [1.165, 1.54) is 11.1 Å². The Hall–Kier alpha value is -1.35. The van der Waals surface area contributed by atoms with Gasteiger partial charge in [-0.05, 0) is 31.7 Å². The van der Waals surface area contributed by atoms with Crippen LogP contribution in [-0.4, -0.2) is 37.1 Å². The quantitative estimate of drug-likeness (QED) is 0.815. The molecule has 1 aliphatic rings. The predicted octanol–water partition coefficient (Wildman–Crippen LogP) is 2.57. The lowest BCUT2D eigenvalue weighted by atomic mass is 10.1. The van der Waals surface area contributed by atoms with Crippen LogP contribution in [0.2, 0.25) is 0 Å². The molecule has 19 heavy (non-hydrogen) atoms. The number of carbonyl (C=O) groups is 1. The Labute approximate surface area is 115 Å². The molecule has 0 radical (unpaired) electrons. The fraction of sp³-hybridized carbons (Fsp3) is 0.562. The van der Waals surface area contributed by atoms with E-state index in [0.29, 0.717) is 6.42 Å². The number of aryl methyl sites for hydroxylation is 2. The Morgan fingerprint density at radius 1 is 1.47 bits per heavy atom. The molecule has 1 atom stereocenters. The van der Waals surface area contributed by atoms with E-state index in [-0.39, 0.29) is 12.0 Å². The highest BCUT2D eigenvalue weighted by molar-refractivity contribution is 5.76. The van der Waals surface area contributed by atoms with Crippen molar-refractivity contribution in [2.24, 2.45) is 0 Å². The topological polar surface area (TPSA) is 29.5 Å².